The van der Waals surface area contributed by atoms with Crippen molar-refractivity contribution in [3.8, 4) is 6.07 Å². The van der Waals surface area contributed by atoms with Gasteiger partial charge < -0.3 is 9.73 Å². The molecule has 1 N–H and O–H groups in total. The van der Waals surface area contributed by atoms with Crippen LogP contribution < -0.4 is 5.32 Å². The highest BCUT2D eigenvalue weighted by Crippen LogP contribution is 2.30. The number of furan rings is 1. The molecule has 2 aromatic rings. The zero-order valence-electron chi connectivity index (χ0n) is 11.0. The van der Waals surface area contributed by atoms with Crippen molar-refractivity contribution in [2.45, 2.75) is 6.92 Å². The molecule has 1 heterocycles. The normalized spacial score (nSPS) is 11.0. The number of amides is 1. The van der Waals surface area contributed by atoms with Crippen molar-refractivity contribution in [2.24, 2.45) is 0 Å². The SMILES string of the molecule is Cc1ccc(/C=C(/C#N)C(=O)Nc2c(Cl)cccc2Cl)o1. The molecule has 2 rings (SSSR count). The smallest absolute Gasteiger partial charge is 0.266 e. The van der Waals surface area contributed by atoms with Gasteiger partial charge >= 0.3 is 0 Å². The van der Waals surface area contributed by atoms with Crippen LogP contribution in [-0.4, -0.2) is 5.91 Å². The van der Waals surface area contributed by atoms with E-state index in [0.717, 1.165) is 0 Å². The molecule has 0 unspecified atom stereocenters. The average Bonchev–Trinajstić information content (AvgIpc) is 2.85. The molecule has 1 aromatic heterocycles. The second-order valence-corrected chi connectivity index (χ2v) is 4.98. The van der Waals surface area contributed by atoms with Crippen LogP contribution in [-0.2, 0) is 4.79 Å². The number of hydrogen-bond donors (Lipinski definition) is 1. The largest absolute Gasteiger partial charge is 0.462 e. The number of hydrogen-bond acceptors (Lipinski definition) is 3. The number of nitriles is 1. The number of nitrogens with zero attached hydrogens (tertiary/aromatic N) is 1. The Balaban J connectivity index is 2.26. The third-order valence-corrected chi connectivity index (χ3v) is 3.24. The number of para-hydroxylation sites is 1. The number of carbonyl (C=O) groups excluding carboxylic acids is 1. The zero-order chi connectivity index (χ0) is 15.4. The Bertz CT molecular complexity index is 737. The first kappa shape index (κ1) is 15.2. The summed E-state index contributed by atoms with van der Waals surface area (Å²) < 4.78 is 5.30. The molecule has 0 spiro atoms. The topological polar surface area (TPSA) is 66.0 Å². The summed E-state index contributed by atoms with van der Waals surface area (Å²) in [6.07, 6.45) is 1.35. The van der Waals surface area contributed by atoms with Gasteiger partial charge in [-0.05, 0) is 31.2 Å². The molecule has 1 amide bonds. The van der Waals surface area contributed by atoms with Crippen LogP contribution in [0.4, 0.5) is 5.69 Å². The van der Waals surface area contributed by atoms with Gasteiger partial charge in [-0.2, -0.15) is 5.26 Å². The molecule has 6 heteroatoms. The fourth-order valence-electron chi connectivity index (χ4n) is 1.62. The molecule has 0 saturated carbocycles. The maximum Gasteiger partial charge on any atom is 0.266 e. The summed E-state index contributed by atoms with van der Waals surface area (Å²) in [5.74, 6) is 0.499. The Morgan fingerprint density at radius 2 is 1.95 bits per heavy atom. The lowest BCUT2D eigenvalue weighted by Gasteiger charge is -2.08. The Morgan fingerprint density at radius 1 is 1.29 bits per heavy atom. The summed E-state index contributed by atoms with van der Waals surface area (Å²) in [6, 6.07) is 10.1. The molecular formula is C15H10Cl2N2O2. The molecule has 0 saturated heterocycles. The first-order chi connectivity index (χ1) is 10.0. The second-order valence-electron chi connectivity index (χ2n) is 4.17. The molecule has 4 nitrogen and oxygen atoms in total. The number of nitrogens with one attached hydrogen (secondary N) is 1. The highest BCUT2D eigenvalue weighted by molar-refractivity contribution is 6.40. The van der Waals surface area contributed by atoms with Crippen molar-refractivity contribution in [2.75, 3.05) is 5.32 Å². The van der Waals surface area contributed by atoms with Gasteiger partial charge in [0.2, 0.25) is 0 Å². The minimum absolute atomic E-state index is 0.111. The van der Waals surface area contributed by atoms with Gasteiger partial charge in [0.15, 0.2) is 0 Å². The van der Waals surface area contributed by atoms with Crippen LogP contribution in [0.15, 0.2) is 40.3 Å². The molecule has 0 atom stereocenters. The van der Waals surface area contributed by atoms with Crippen LogP contribution in [0.3, 0.4) is 0 Å². The van der Waals surface area contributed by atoms with E-state index in [2.05, 4.69) is 5.32 Å². The predicted octanol–water partition coefficient (Wildman–Crippen LogP) is 4.44. The van der Waals surface area contributed by atoms with E-state index < -0.39 is 5.91 Å². The fourth-order valence-corrected chi connectivity index (χ4v) is 2.11. The molecule has 0 bridgehead atoms. The first-order valence-electron chi connectivity index (χ1n) is 5.95. The number of rotatable bonds is 3. The standard InChI is InChI=1S/C15H10Cl2N2O2/c1-9-5-6-11(21-9)7-10(8-18)15(20)19-14-12(16)3-2-4-13(14)17/h2-7H,1H3,(H,19,20)/b10-7-. The average molecular weight is 321 g/mol. The summed E-state index contributed by atoms with van der Waals surface area (Å²) in [4.78, 5) is 12.1. The summed E-state index contributed by atoms with van der Waals surface area (Å²) >= 11 is 11.9. The summed E-state index contributed by atoms with van der Waals surface area (Å²) in [6.45, 7) is 1.77. The molecule has 0 aliphatic carbocycles. The van der Waals surface area contributed by atoms with Crippen molar-refractivity contribution < 1.29 is 9.21 Å². The number of aryl methyl sites for hydroxylation is 1. The van der Waals surface area contributed by atoms with Crippen molar-refractivity contribution in [3.63, 3.8) is 0 Å². The van der Waals surface area contributed by atoms with Crippen molar-refractivity contribution in [3.05, 3.63) is 57.5 Å². The lowest BCUT2D eigenvalue weighted by atomic mass is 10.2. The predicted molar refractivity (Wildman–Crippen MR) is 82.1 cm³/mol. The van der Waals surface area contributed by atoms with E-state index in [1.54, 1.807) is 37.3 Å². The third kappa shape index (κ3) is 3.66. The zero-order valence-corrected chi connectivity index (χ0v) is 12.5. The van der Waals surface area contributed by atoms with Gasteiger partial charge in [-0.25, -0.2) is 0 Å². The first-order valence-corrected chi connectivity index (χ1v) is 6.70. The molecule has 0 radical (unpaired) electrons. The number of halogens is 2. The lowest BCUT2D eigenvalue weighted by Crippen LogP contribution is -2.14. The van der Waals surface area contributed by atoms with E-state index in [1.165, 1.54) is 6.08 Å². The number of anilines is 1. The highest BCUT2D eigenvalue weighted by Gasteiger charge is 2.14. The Labute approximate surface area is 131 Å². The Hall–Kier alpha value is -2.22. The van der Waals surface area contributed by atoms with Gasteiger partial charge in [-0.3, -0.25) is 4.79 Å². The minimum atomic E-state index is -0.610. The van der Waals surface area contributed by atoms with Crippen LogP contribution in [0, 0.1) is 18.3 Å². The lowest BCUT2D eigenvalue weighted by molar-refractivity contribution is -0.112. The van der Waals surface area contributed by atoms with Crippen LogP contribution in [0.25, 0.3) is 6.08 Å². The highest BCUT2D eigenvalue weighted by atomic mass is 35.5. The van der Waals surface area contributed by atoms with Crippen LogP contribution in [0.5, 0.6) is 0 Å². The summed E-state index contributed by atoms with van der Waals surface area (Å²) in [7, 11) is 0. The number of benzene rings is 1. The van der Waals surface area contributed by atoms with E-state index in [-0.39, 0.29) is 11.3 Å². The molecular weight excluding hydrogens is 311 g/mol. The van der Waals surface area contributed by atoms with E-state index >= 15 is 0 Å². The molecule has 0 fully saturated rings. The van der Waals surface area contributed by atoms with E-state index in [4.69, 9.17) is 32.9 Å². The summed E-state index contributed by atoms with van der Waals surface area (Å²) in [5.41, 5.74) is 0.156. The second kappa shape index (κ2) is 6.49. The molecule has 0 aliphatic heterocycles. The monoisotopic (exact) mass is 320 g/mol. The maximum absolute atomic E-state index is 12.1. The van der Waals surface area contributed by atoms with Gasteiger partial charge in [-0.1, -0.05) is 29.3 Å². The molecule has 1 aromatic carbocycles. The Morgan fingerprint density at radius 3 is 2.48 bits per heavy atom. The van der Waals surface area contributed by atoms with Crippen LogP contribution >= 0.6 is 23.2 Å². The van der Waals surface area contributed by atoms with Gasteiger partial charge in [0.05, 0.1) is 15.7 Å². The third-order valence-electron chi connectivity index (χ3n) is 2.61. The molecule has 21 heavy (non-hydrogen) atoms. The van der Waals surface area contributed by atoms with E-state index in [9.17, 15) is 4.79 Å². The summed E-state index contributed by atoms with van der Waals surface area (Å²) in [5, 5.41) is 12.2. The molecule has 106 valence electrons. The van der Waals surface area contributed by atoms with Gasteiger partial charge in [0.25, 0.3) is 5.91 Å². The van der Waals surface area contributed by atoms with E-state index in [0.29, 0.717) is 21.6 Å². The van der Waals surface area contributed by atoms with Gasteiger partial charge in [-0.15, -0.1) is 0 Å². The van der Waals surface area contributed by atoms with Crippen LogP contribution in [0.1, 0.15) is 11.5 Å². The number of carbonyl (C=O) groups is 1. The minimum Gasteiger partial charge on any atom is -0.462 e. The van der Waals surface area contributed by atoms with E-state index in [1.807, 2.05) is 6.07 Å². The fraction of sp³-hybridized carbons (Fsp3) is 0.0667. The van der Waals surface area contributed by atoms with Crippen LogP contribution in [0.2, 0.25) is 10.0 Å². The van der Waals surface area contributed by atoms with Crippen molar-refractivity contribution in [1.29, 1.82) is 5.26 Å². The quantitative estimate of drug-likeness (QED) is 0.671. The molecule has 0 aliphatic rings. The van der Waals surface area contributed by atoms with Gasteiger partial charge in [0, 0.05) is 6.08 Å². The maximum atomic E-state index is 12.1. The van der Waals surface area contributed by atoms with Crippen molar-refractivity contribution in [1.82, 2.24) is 0 Å². The van der Waals surface area contributed by atoms with Crippen molar-refractivity contribution >= 4 is 40.9 Å². The Kier molecular flexibility index (Phi) is 4.69. The van der Waals surface area contributed by atoms with Gasteiger partial charge in [0.1, 0.15) is 23.2 Å².